The lowest BCUT2D eigenvalue weighted by Gasteiger charge is -2.21. The van der Waals surface area contributed by atoms with Crippen LogP contribution in [0.3, 0.4) is 0 Å². The van der Waals surface area contributed by atoms with Crippen molar-refractivity contribution in [2.45, 2.75) is 18.9 Å². The number of amides is 3. The second kappa shape index (κ2) is 5.84. The second-order valence-corrected chi connectivity index (χ2v) is 9.19. The number of aromatic nitrogens is 2. The highest BCUT2D eigenvalue weighted by Gasteiger charge is 2.47. The first-order valence-electron chi connectivity index (χ1n) is 11.3. The molecule has 2 aromatic heterocycles. The summed E-state index contributed by atoms with van der Waals surface area (Å²) in [5.41, 5.74) is 4.32. The molecule has 3 aromatic carbocycles. The van der Waals surface area contributed by atoms with E-state index in [0.717, 1.165) is 43.6 Å². The minimum Gasteiger partial charge on any atom is -0.359 e. The van der Waals surface area contributed by atoms with Crippen LogP contribution < -0.4 is 10.6 Å². The Morgan fingerprint density at radius 3 is 2.09 bits per heavy atom. The molecule has 0 radical (unpaired) electrons. The fourth-order valence-corrected chi connectivity index (χ4v) is 6.47. The molecule has 1 saturated heterocycles. The predicted molar refractivity (Wildman–Crippen MR) is 126 cm³/mol. The lowest BCUT2D eigenvalue weighted by atomic mass is 9.96. The Morgan fingerprint density at radius 1 is 0.912 bits per heavy atom. The molecule has 0 spiro atoms. The summed E-state index contributed by atoms with van der Waals surface area (Å²) >= 11 is 0. The van der Waals surface area contributed by atoms with Gasteiger partial charge in [0.05, 0.1) is 39.1 Å². The number of carbonyl (C=O) groups is 3. The summed E-state index contributed by atoms with van der Waals surface area (Å²) in [4.78, 5) is 39.3. The monoisotopic (exact) mass is 450 g/mol. The zero-order chi connectivity index (χ0) is 22.9. The molecular formula is C26H18N4O4. The van der Waals surface area contributed by atoms with Crippen molar-refractivity contribution >= 4 is 61.3 Å². The zero-order valence-electron chi connectivity index (χ0n) is 18.1. The number of para-hydroxylation sites is 2. The van der Waals surface area contributed by atoms with E-state index in [4.69, 9.17) is 4.74 Å². The fourth-order valence-electron chi connectivity index (χ4n) is 6.47. The largest absolute Gasteiger partial charge is 0.359 e. The SMILES string of the molecule is CNC(=O)[C@@H]1C[C@@H]2O[C@H]1n1c3ccccc3c3c4c(c5c6ccccc6n2c5c31)C(=O)NC4=O. The maximum absolute atomic E-state index is 13.2. The number of nitrogens with zero attached hydrogens (tertiary/aromatic N) is 2. The third kappa shape index (κ3) is 1.86. The van der Waals surface area contributed by atoms with Gasteiger partial charge in [0, 0.05) is 35.0 Å². The van der Waals surface area contributed by atoms with Crippen molar-refractivity contribution in [2.24, 2.45) is 5.92 Å². The van der Waals surface area contributed by atoms with Gasteiger partial charge in [-0.05, 0) is 12.1 Å². The van der Waals surface area contributed by atoms with E-state index >= 15 is 0 Å². The Bertz CT molecular complexity index is 1810. The van der Waals surface area contributed by atoms with E-state index in [1.54, 1.807) is 7.05 Å². The van der Waals surface area contributed by atoms with Gasteiger partial charge in [-0.15, -0.1) is 0 Å². The first-order valence-corrected chi connectivity index (χ1v) is 11.3. The molecule has 3 aliphatic rings. The van der Waals surface area contributed by atoms with Crippen LogP contribution in [0.1, 0.15) is 39.6 Å². The van der Waals surface area contributed by atoms with E-state index in [9.17, 15) is 14.4 Å². The standard InChI is InChI=1S/C26H18N4O4/c1-27-23(31)13-10-16-29-14-8-4-2-6-11(14)17-19-20(25(33)28-24(19)32)18-12-7-3-5-9-15(12)30(26(13)34-16)22(18)21(17)29/h2-9,13,16,26H,10H2,1H3,(H,27,31)(H,28,32,33)/t13-,16-,26+/m0/s1. The van der Waals surface area contributed by atoms with Crippen molar-refractivity contribution in [3.05, 3.63) is 59.7 Å². The molecule has 2 N–H and O–H groups in total. The Kier molecular flexibility index (Phi) is 3.14. The molecule has 1 fully saturated rings. The topological polar surface area (TPSA) is 94.4 Å². The zero-order valence-corrected chi connectivity index (χ0v) is 18.1. The first-order chi connectivity index (χ1) is 16.6. The van der Waals surface area contributed by atoms with Crippen LogP contribution >= 0.6 is 0 Å². The maximum Gasteiger partial charge on any atom is 0.259 e. The van der Waals surface area contributed by atoms with Gasteiger partial charge in [-0.3, -0.25) is 19.7 Å². The van der Waals surface area contributed by atoms with E-state index in [1.165, 1.54) is 0 Å². The highest BCUT2D eigenvalue weighted by molar-refractivity contribution is 6.39. The number of hydrogen-bond donors (Lipinski definition) is 2. The molecule has 2 bridgehead atoms. The minimum atomic E-state index is -0.535. The normalized spacial score (nSPS) is 22.8. The number of imide groups is 1. The molecule has 8 rings (SSSR count). The van der Waals surface area contributed by atoms with Crippen molar-refractivity contribution < 1.29 is 19.1 Å². The van der Waals surface area contributed by atoms with Crippen LogP contribution in [0.4, 0.5) is 0 Å². The van der Waals surface area contributed by atoms with Crippen LogP contribution in [0.5, 0.6) is 0 Å². The molecule has 0 saturated carbocycles. The number of carbonyl (C=O) groups excluding carboxylic acids is 3. The molecule has 0 unspecified atom stereocenters. The summed E-state index contributed by atoms with van der Waals surface area (Å²) in [7, 11) is 1.64. The third-order valence-corrected chi connectivity index (χ3v) is 7.70. The van der Waals surface area contributed by atoms with E-state index < -0.39 is 12.1 Å². The molecule has 3 aliphatic heterocycles. The van der Waals surface area contributed by atoms with E-state index in [1.807, 2.05) is 48.5 Å². The Labute approximate surface area is 192 Å². The Balaban J connectivity index is 1.72. The molecule has 166 valence electrons. The fraction of sp³-hybridized carbons (Fsp3) is 0.192. The summed E-state index contributed by atoms with van der Waals surface area (Å²) in [6, 6.07) is 15.7. The van der Waals surface area contributed by atoms with E-state index in [2.05, 4.69) is 19.8 Å². The van der Waals surface area contributed by atoms with Crippen molar-refractivity contribution in [1.82, 2.24) is 19.8 Å². The quantitative estimate of drug-likeness (QED) is 0.382. The smallest absolute Gasteiger partial charge is 0.259 e. The number of hydrogen-bond acceptors (Lipinski definition) is 4. The number of ether oxygens (including phenoxy) is 1. The number of benzene rings is 3. The summed E-state index contributed by atoms with van der Waals surface area (Å²) in [6.45, 7) is 0. The van der Waals surface area contributed by atoms with Crippen molar-refractivity contribution in [1.29, 1.82) is 0 Å². The summed E-state index contributed by atoms with van der Waals surface area (Å²) in [5.74, 6) is -1.24. The Hall–Kier alpha value is -4.17. The molecule has 5 aromatic rings. The lowest BCUT2D eigenvalue weighted by molar-refractivity contribution is -0.128. The average Bonchev–Trinajstić information content (AvgIpc) is 3.55. The molecular weight excluding hydrogens is 432 g/mol. The summed E-state index contributed by atoms with van der Waals surface area (Å²) in [6.07, 6.45) is -0.407. The molecule has 8 nitrogen and oxygen atoms in total. The molecule has 3 amide bonds. The van der Waals surface area contributed by atoms with Gasteiger partial charge in [0.25, 0.3) is 11.8 Å². The number of fused-ring (bicyclic) bond motifs is 13. The van der Waals surface area contributed by atoms with Gasteiger partial charge in [-0.25, -0.2) is 0 Å². The molecule has 0 aliphatic carbocycles. The van der Waals surface area contributed by atoms with Crippen LogP contribution in [-0.2, 0) is 9.53 Å². The van der Waals surface area contributed by atoms with Crippen LogP contribution in [0.2, 0.25) is 0 Å². The maximum atomic E-state index is 13.2. The van der Waals surface area contributed by atoms with Gasteiger partial charge in [0.2, 0.25) is 5.91 Å². The minimum absolute atomic E-state index is 0.0799. The highest BCUT2D eigenvalue weighted by atomic mass is 16.5. The summed E-state index contributed by atoms with van der Waals surface area (Å²) < 4.78 is 10.8. The first kappa shape index (κ1) is 18.3. The van der Waals surface area contributed by atoms with E-state index in [0.29, 0.717) is 17.5 Å². The Morgan fingerprint density at radius 2 is 1.47 bits per heavy atom. The van der Waals surface area contributed by atoms with Gasteiger partial charge in [0.1, 0.15) is 12.5 Å². The van der Waals surface area contributed by atoms with Crippen molar-refractivity contribution in [3.63, 3.8) is 0 Å². The van der Waals surface area contributed by atoms with Crippen LogP contribution in [0.25, 0.3) is 43.6 Å². The van der Waals surface area contributed by atoms with Crippen LogP contribution in [-0.4, -0.2) is 33.9 Å². The molecule has 8 heteroatoms. The van der Waals surface area contributed by atoms with Gasteiger partial charge < -0.3 is 19.2 Å². The summed E-state index contributed by atoms with van der Waals surface area (Å²) in [5, 5.41) is 8.58. The van der Waals surface area contributed by atoms with Crippen molar-refractivity contribution in [2.75, 3.05) is 7.05 Å². The van der Waals surface area contributed by atoms with Gasteiger partial charge in [0.15, 0.2) is 0 Å². The van der Waals surface area contributed by atoms with Gasteiger partial charge >= 0.3 is 0 Å². The van der Waals surface area contributed by atoms with Crippen molar-refractivity contribution in [3.8, 4) is 0 Å². The highest BCUT2D eigenvalue weighted by Crippen LogP contribution is 2.53. The molecule has 3 atom stereocenters. The predicted octanol–water partition coefficient (Wildman–Crippen LogP) is 3.58. The van der Waals surface area contributed by atoms with Crippen LogP contribution in [0.15, 0.2) is 48.5 Å². The van der Waals surface area contributed by atoms with Gasteiger partial charge in [-0.2, -0.15) is 0 Å². The van der Waals surface area contributed by atoms with Crippen LogP contribution in [0, 0.1) is 5.92 Å². The number of rotatable bonds is 1. The average molecular weight is 450 g/mol. The molecule has 34 heavy (non-hydrogen) atoms. The third-order valence-electron chi connectivity index (χ3n) is 7.70. The van der Waals surface area contributed by atoms with Gasteiger partial charge in [-0.1, -0.05) is 36.4 Å². The molecule has 5 heterocycles. The van der Waals surface area contributed by atoms with E-state index in [-0.39, 0.29) is 23.9 Å². The second-order valence-electron chi connectivity index (χ2n) is 9.19. The lowest BCUT2D eigenvalue weighted by Crippen LogP contribution is -2.31. The number of nitrogens with one attached hydrogen (secondary N) is 2.